The molecule has 0 unspecified atom stereocenters. The minimum absolute atomic E-state index is 0.115. The monoisotopic (exact) mass is 244 g/mol. The molecule has 88 valence electrons. The Labute approximate surface area is 98.2 Å². The average molecular weight is 245 g/mol. The van der Waals surface area contributed by atoms with Gasteiger partial charge in [-0.05, 0) is 18.2 Å². The highest BCUT2D eigenvalue weighted by Gasteiger charge is 2.05. The number of carbonyl (C=O) groups is 1. The van der Waals surface area contributed by atoms with Gasteiger partial charge >= 0.3 is 0 Å². The van der Waals surface area contributed by atoms with Crippen molar-refractivity contribution in [2.24, 2.45) is 0 Å². The molecule has 1 amide bonds. The summed E-state index contributed by atoms with van der Waals surface area (Å²) in [7, 11) is 0. The van der Waals surface area contributed by atoms with E-state index >= 15 is 0 Å². The molecule has 0 saturated carbocycles. The third-order valence-electron chi connectivity index (χ3n) is 1.76. The van der Waals surface area contributed by atoms with Gasteiger partial charge in [0.25, 0.3) is 0 Å². The zero-order chi connectivity index (χ0) is 12.0. The number of nitrogen functional groups attached to an aromatic ring is 1. The van der Waals surface area contributed by atoms with Crippen LogP contribution in [-0.2, 0) is 9.53 Å². The Bertz CT molecular complexity index is 371. The van der Waals surface area contributed by atoms with Crippen LogP contribution in [0.2, 0.25) is 5.02 Å². The molecule has 6 heteroatoms. The second-order valence-corrected chi connectivity index (χ2v) is 3.49. The summed E-state index contributed by atoms with van der Waals surface area (Å²) in [5.41, 5.74) is 6.52. The summed E-state index contributed by atoms with van der Waals surface area (Å²) in [5, 5.41) is 11.5. The lowest BCUT2D eigenvalue weighted by Crippen LogP contribution is -2.20. The van der Waals surface area contributed by atoms with Crippen molar-refractivity contribution in [3.63, 3.8) is 0 Å². The fraction of sp³-hybridized carbons (Fsp3) is 0.300. The van der Waals surface area contributed by atoms with E-state index in [0.29, 0.717) is 16.4 Å². The molecular weight excluding hydrogens is 232 g/mol. The summed E-state index contributed by atoms with van der Waals surface area (Å²) < 4.78 is 4.85. The van der Waals surface area contributed by atoms with Crippen LogP contribution in [0.1, 0.15) is 0 Å². The summed E-state index contributed by atoms with van der Waals surface area (Å²) in [6, 6.07) is 4.79. The normalized spacial score (nSPS) is 10.1. The van der Waals surface area contributed by atoms with Crippen molar-refractivity contribution in [1.82, 2.24) is 0 Å². The topological polar surface area (TPSA) is 84.6 Å². The van der Waals surface area contributed by atoms with E-state index < -0.39 is 0 Å². The Kier molecular flexibility index (Phi) is 5.04. The van der Waals surface area contributed by atoms with Gasteiger partial charge in [0, 0.05) is 5.02 Å². The van der Waals surface area contributed by atoms with Crippen LogP contribution in [0.3, 0.4) is 0 Å². The Hall–Kier alpha value is -1.30. The summed E-state index contributed by atoms with van der Waals surface area (Å²) in [6.07, 6.45) is 0. The molecule has 0 fully saturated rings. The molecule has 0 saturated heterocycles. The second-order valence-electron chi connectivity index (χ2n) is 3.06. The molecule has 0 heterocycles. The molecular formula is C10H13ClN2O3. The summed E-state index contributed by atoms with van der Waals surface area (Å²) in [5.74, 6) is -0.331. The first-order valence-corrected chi connectivity index (χ1v) is 5.04. The first kappa shape index (κ1) is 12.8. The van der Waals surface area contributed by atoms with E-state index in [4.69, 9.17) is 27.2 Å². The van der Waals surface area contributed by atoms with E-state index in [1.165, 1.54) is 0 Å². The third kappa shape index (κ3) is 4.06. The minimum atomic E-state index is -0.331. The number of aliphatic hydroxyl groups excluding tert-OH is 1. The van der Waals surface area contributed by atoms with Gasteiger partial charge in [0.15, 0.2) is 0 Å². The minimum Gasteiger partial charge on any atom is -0.397 e. The zero-order valence-electron chi connectivity index (χ0n) is 8.57. The fourth-order valence-electron chi connectivity index (χ4n) is 1.06. The maximum atomic E-state index is 11.3. The Morgan fingerprint density at radius 1 is 1.56 bits per heavy atom. The van der Waals surface area contributed by atoms with Gasteiger partial charge in [0.1, 0.15) is 6.61 Å². The highest BCUT2D eigenvalue weighted by molar-refractivity contribution is 6.31. The molecule has 1 aromatic carbocycles. The van der Waals surface area contributed by atoms with Crippen molar-refractivity contribution < 1.29 is 14.6 Å². The zero-order valence-corrected chi connectivity index (χ0v) is 9.33. The van der Waals surface area contributed by atoms with Gasteiger partial charge in [-0.25, -0.2) is 0 Å². The maximum Gasteiger partial charge on any atom is 0.250 e. The van der Waals surface area contributed by atoms with E-state index in [1.54, 1.807) is 18.2 Å². The SMILES string of the molecule is Nc1cc(Cl)ccc1NC(=O)COCCO. The number of ether oxygens (including phenoxy) is 1. The van der Waals surface area contributed by atoms with Gasteiger partial charge in [-0.15, -0.1) is 0 Å². The number of hydrogen-bond donors (Lipinski definition) is 3. The Balaban J connectivity index is 2.49. The standard InChI is InChI=1S/C10H13ClN2O3/c11-7-1-2-9(8(12)5-7)13-10(15)6-16-4-3-14/h1-2,5,14H,3-4,6,12H2,(H,13,15). The first-order valence-electron chi connectivity index (χ1n) is 4.67. The predicted octanol–water partition coefficient (Wildman–Crippen LogP) is 0.870. The van der Waals surface area contributed by atoms with E-state index in [-0.39, 0.29) is 25.7 Å². The lowest BCUT2D eigenvalue weighted by molar-refractivity contribution is -0.120. The highest BCUT2D eigenvalue weighted by atomic mass is 35.5. The number of halogens is 1. The predicted molar refractivity (Wildman–Crippen MR) is 62.4 cm³/mol. The van der Waals surface area contributed by atoms with Crippen LogP contribution in [-0.4, -0.2) is 30.8 Å². The van der Waals surface area contributed by atoms with E-state index in [0.717, 1.165) is 0 Å². The molecule has 0 aliphatic heterocycles. The van der Waals surface area contributed by atoms with E-state index in [1.807, 2.05) is 0 Å². The quantitative estimate of drug-likeness (QED) is 0.530. The van der Waals surface area contributed by atoms with E-state index in [2.05, 4.69) is 5.32 Å². The molecule has 0 spiro atoms. The van der Waals surface area contributed by atoms with Crippen LogP contribution in [0, 0.1) is 0 Å². The van der Waals surface area contributed by atoms with Crippen LogP contribution >= 0.6 is 11.6 Å². The first-order chi connectivity index (χ1) is 7.63. The fourth-order valence-corrected chi connectivity index (χ4v) is 1.24. The van der Waals surface area contributed by atoms with Crippen molar-refractivity contribution in [3.8, 4) is 0 Å². The number of carbonyl (C=O) groups excluding carboxylic acids is 1. The summed E-state index contributed by atoms with van der Waals surface area (Å²) >= 11 is 5.71. The molecule has 0 atom stereocenters. The second kappa shape index (κ2) is 6.32. The van der Waals surface area contributed by atoms with Gasteiger partial charge in [-0.2, -0.15) is 0 Å². The molecule has 0 aliphatic rings. The molecule has 0 aliphatic carbocycles. The smallest absolute Gasteiger partial charge is 0.250 e. The number of benzene rings is 1. The number of nitrogens with one attached hydrogen (secondary N) is 1. The number of amides is 1. The van der Waals surface area contributed by atoms with Gasteiger partial charge in [0.05, 0.1) is 24.6 Å². The van der Waals surface area contributed by atoms with Crippen molar-refractivity contribution in [3.05, 3.63) is 23.2 Å². The molecule has 4 N–H and O–H groups in total. The van der Waals surface area contributed by atoms with Crippen molar-refractivity contribution in [1.29, 1.82) is 0 Å². The molecule has 16 heavy (non-hydrogen) atoms. The molecule has 1 aromatic rings. The van der Waals surface area contributed by atoms with Crippen molar-refractivity contribution in [2.45, 2.75) is 0 Å². The number of anilines is 2. The van der Waals surface area contributed by atoms with Crippen LogP contribution in [0.4, 0.5) is 11.4 Å². The maximum absolute atomic E-state index is 11.3. The molecule has 0 radical (unpaired) electrons. The largest absolute Gasteiger partial charge is 0.397 e. The van der Waals surface area contributed by atoms with Crippen LogP contribution in [0.25, 0.3) is 0 Å². The summed E-state index contributed by atoms with van der Waals surface area (Å²) in [4.78, 5) is 11.3. The van der Waals surface area contributed by atoms with Gasteiger partial charge in [-0.1, -0.05) is 11.6 Å². The third-order valence-corrected chi connectivity index (χ3v) is 1.99. The van der Waals surface area contributed by atoms with Crippen molar-refractivity contribution in [2.75, 3.05) is 30.9 Å². The summed E-state index contributed by atoms with van der Waals surface area (Å²) in [6.45, 7) is -0.109. The lowest BCUT2D eigenvalue weighted by atomic mass is 10.2. The Morgan fingerprint density at radius 2 is 2.31 bits per heavy atom. The van der Waals surface area contributed by atoms with Gasteiger partial charge < -0.3 is 20.9 Å². The number of nitrogens with two attached hydrogens (primary N) is 1. The molecule has 0 bridgehead atoms. The van der Waals surface area contributed by atoms with Gasteiger partial charge in [-0.3, -0.25) is 4.79 Å². The van der Waals surface area contributed by atoms with Gasteiger partial charge in [0.2, 0.25) is 5.91 Å². The molecule has 5 nitrogen and oxygen atoms in total. The number of hydrogen-bond acceptors (Lipinski definition) is 4. The van der Waals surface area contributed by atoms with Crippen LogP contribution < -0.4 is 11.1 Å². The average Bonchev–Trinajstić information content (AvgIpc) is 2.23. The number of aliphatic hydroxyl groups is 1. The van der Waals surface area contributed by atoms with Crippen LogP contribution in [0.5, 0.6) is 0 Å². The lowest BCUT2D eigenvalue weighted by Gasteiger charge is -2.08. The van der Waals surface area contributed by atoms with Crippen molar-refractivity contribution >= 4 is 28.9 Å². The molecule has 0 aromatic heterocycles. The highest BCUT2D eigenvalue weighted by Crippen LogP contribution is 2.22. The Morgan fingerprint density at radius 3 is 2.94 bits per heavy atom. The van der Waals surface area contributed by atoms with E-state index in [9.17, 15) is 4.79 Å². The number of rotatable bonds is 5. The molecule has 1 rings (SSSR count). The van der Waals surface area contributed by atoms with Crippen LogP contribution in [0.15, 0.2) is 18.2 Å².